The first-order valence-electron chi connectivity index (χ1n) is 10.1. The van der Waals surface area contributed by atoms with Gasteiger partial charge < -0.3 is 15.3 Å². The van der Waals surface area contributed by atoms with Crippen molar-refractivity contribution >= 4 is 11.6 Å². The molecular weight excluding hydrogens is 344 g/mol. The largest absolute Gasteiger partial charge is 0.396 e. The molecule has 3 N–H and O–H groups in total. The second-order valence-electron chi connectivity index (χ2n) is 9.52. The number of rotatable bonds is 3. The third-order valence-corrected chi connectivity index (χ3v) is 8.74. The molecule has 4 aliphatic rings. The van der Waals surface area contributed by atoms with E-state index in [4.69, 9.17) is 0 Å². The van der Waals surface area contributed by atoms with Crippen molar-refractivity contribution in [3.63, 3.8) is 0 Å². The zero-order valence-electron chi connectivity index (χ0n) is 16.1. The Morgan fingerprint density at radius 3 is 2.63 bits per heavy atom. The van der Waals surface area contributed by atoms with Gasteiger partial charge in [-0.25, -0.2) is 0 Å². The van der Waals surface area contributed by atoms with Crippen LogP contribution < -0.4 is 0 Å². The molecule has 0 spiro atoms. The first-order chi connectivity index (χ1) is 12.7. The van der Waals surface area contributed by atoms with Crippen LogP contribution in [0, 0.1) is 34.5 Å². The molecule has 0 amide bonds. The number of aliphatic hydroxyl groups is 3. The number of aliphatic hydroxyl groups excluding tert-OH is 2. The van der Waals surface area contributed by atoms with Gasteiger partial charge in [0.15, 0.2) is 11.6 Å². The van der Waals surface area contributed by atoms with Crippen molar-refractivity contribution in [1.29, 1.82) is 0 Å². The van der Waals surface area contributed by atoms with Crippen LogP contribution in [0.1, 0.15) is 46.0 Å². The molecule has 5 heteroatoms. The molecule has 3 fully saturated rings. The van der Waals surface area contributed by atoms with Gasteiger partial charge in [-0.2, -0.15) is 0 Å². The van der Waals surface area contributed by atoms with Gasteiger partial charge in [-0.05, 0) is 62.0 Å². The van der Waals surface area contributed by atoms with E-state index in [2.05, 4.69) is 13.0 Å². The highest BCUT2D eigenvalue weighted by Crippen LogP contribution is 2.68. The number of fused-ring (bicyclic) bond motifs is 5. The topological polar surface area (TPSA) is 94.8 Å². The molecule has 148 valence electrons. The minimum atomic E-state index is -1.67. The minimum absolute atomic E-state index is 0.0608. The Kier molecular flexibility index (Phi) is 4.30. The molecule has 0 radical (unpaired) electrons. The maximum Gasteiger partial charge on any atom is 0.190 e. The smallest absolute Gasteiger partial charge is 0.190 e. The molecule has 0 unspecified atom stereocenters. The van der Waals surface area contributed by atoms with E-state index >= 15 is 0 Å². The Labute approximate surface area is 160 Å². The van der Waals surface area contributed by atoms with E-state index in [0.717, 1.165) is 19.3 Å². The van der Waals surface area contributed by atoms with Gasteiger partial charge in [0.05, 0.1) is 0 Å². The fourth-order valence-electron chi connectivity index (χ4n) is 7.24. The van der Waals surface area contributed by atoms with E-state index in [9.17, 15) is 24.9 Å². The Bertz CT molecular complexity index is 739. The molecule has 0 bridgehead atoms. The van der Waals surface area contributed by atoms with E-state index in [1.165, 1.54) is 5.57 Å². The van der Waals surface area contributed by atoms with Gasteiger partial charge in [0.2, 0.25) is 0 Å². The highest BCUT2D eigenvalue weighted by Gasteiger charge is 2.69. The lowest BCUT2D eigenvalue weighted by molar-refractivity contribution is -0.172. The highest BCUT2D eigenvalue weighted by molar-refractivity contribution is 6.01. The maximum absolute atomic E-state index is 12.6. The standard InChI is InChI=1S/C22H30O5/c1-20-7-5-15(25)9-13(20)3-4-16-17(20)6-8-21(2)18(16)10-14(11-23)22(21,27)19(26)12-24/h5,7,9,14,16-18,23-24,27H,3-4,6,8,10-12H2,1-2H3/t14-,16-,17+,18+,20+,21+,22+/m1/s1. The van der Waals surface area contributed by atoms with Gasteiger partial charge in [0.1, 0.15) is 12.2 Å². The fourth-order valence-corrected chi connectivity index (χ4v) is 7.24. The highest BCUT2D eigenvalue weighted by atomic mass is 16.3. The lowest BCUT2D eigenvalue weighted by atomic mass is 9.47. The number of carbonyl (C=O) groups is 2. The van der Waals surface area contributed by atoms with Crippen molar-refractivity contribution in [2.75, 3.05) is 13.2 Å². The maximum atomic E-state index is 12.6. The van der Waals surface area contributed by atoms with E-state index in [1.807, 2.05) is 6.92 Å². The number of carbonyl (C=O) groups excluding carboxylic acids is 2. The summed E-state index contributed by atoms with van der Waals surface area (Å²) in [5.74, 6) is -0.206. The summed E-state index contributed by atoms with van der Waals surface area (Å²) < 4.78 is 0. The Balaban J connectivity index is 1.73. The van der Waals surface area contributed by atoms with E-state index in [1.54, 1.807) is 12.2 Å². The molecule has 4 aliphatic carbocycles. The predicted molar refractivity (Wildman–Crippen MR) is 99.6 cm³/mol. The number of allylic oxidation sites excluding steroid dienone is 4. The normalized spacial score (nSPS) is 48.5. The molecule has 0 saturated heterocycles. The summed E-state index contributed by atoms with van der Waals surface area (Å²) in [4.78, 5) is 24.4. The van der Waals surface area contributed by atoms with Gasteiger partial charge in [-0.1, -0.05) is 25.5 Å². The van der Waals surface area contributed by atoms with Crippen LogP contribution in [0.5, 0.6) is 0 Å². The van der Waals surface area contributed by atoms with Crippen LogP contribution in [0.3, 0.4) is 0 Å². The first-order valence-corrected chi connectivity index (χ1v) is 10.1. The van der Waals surface area contributed by atoms with Crippen LogP contribution in [0.2, 0.25) is 0 Å². The molecule has 27 heavy (non-hydrogen) atoms. The molecule has 3 saturated carbocycles. The summed E-state index contributed by atoms with van der Waals surface area (Å²) in [7, 11) is 0. The van der Waals surface area contributed by atoms with Crippen molar-refractivity contribution in [2.24, 2.45) is 34.5 Å². The second-order valence-corrected chi connectivity index (χ2v) is 9.52. The Morgan fingerprint density at radius 1 is 1.22 bits per heavy atom. The number of ketones is 2. The summed E-state index contributed by atoms with van der Waals surface area (Å²) in [6, 6.07) is 0. The summed E-state index contributed by atoms with van der Waals surface area (Å²) in [6.07, 6.45) is 9.48. The lowest BCUT2D eigenvalue weighted by Gasteiger charge is -2.58. The Morgan fingerprint density at radius 2 is 1.96 bits per heavy atom. The Hall–Kier alpha value is -1.30. The third-order valence-electron chi connectivity index (χ3n) is 8.74. The SMILES string of the molecule is C[C@]12C=CC(=O)C=C1CC[C@@H]1[C@@H]2CC[C@@]2(C)[C@H]1C[C@H](CO)[C@]2(O)C(=O)CO. The monoisotopic (exact) mass is 374 g/mol. The van der Waals surface area contributed by atoms with Crippen molar-refractivity contribution in [1.82, 2.24) is 0 Å². The molecule has 7 atom stereocenters. The average Bonchev–Trinajstić information content (AvgIpc) is 2.90. The molecule has 0 aliphatic heterocycles. The summed E-state index contributed by atoms with van der Waals surface area (Å²) in [5, 5.41) is 30.9. The van der Waals surface area contributed by atoms with Crippen LogP contribution in [0.15, 0.2) is 23.8 Å². The van der Waals surface area contributed by atoms with Crippen molar-refractivity contribution in [3.05, 3.63) is 23.8 Å². The molecule has 4 rings (SSSR count). The molecule has 0 aromatic rings. The van der Waals surface area contributed by atoms with Crippen LogP contribution >= 0.6 is 0 Å². The van der Waals surface area contributed by atoms with Crippen molar-refractivity contribution < 1.29 is 24.9 Å². The number of Topliss-reactive ketones (excluding diaryl/α,β-unsaturated/α-hetero) is 1. The van der Waals surface area contributed by atoms with Crippen LogP contribution in [-0.4, -0.2) is 45.7 Å². The van der Waals surface area contributed by atoms with Gasteiger partial charge in [0.25, 0.3) is 0 Å². The lowest BCUT2D eigenvalue weighted by Crippen LogP contribution is -2.60. The first kappa shape index (κ1) is 19.0. The molecule has 5 nitrogen and oxygen atoms in total. The van der Waals surface area contributed by atoms with E-state index < -0.39 is 29.3 Å². The van der Waals surface area contributed by atoms with Gasteiger partial charge in [0, 0.05) is 23.4 Å². The van der Waals surface area contributed by atoms with Crippen molar-refractivity contribution in [3.8, 4) is 0 Å². The van der Waals surface area contributed by atoms with Gasteiger partial charge in [-0.15, -0.1) is 0 Å². The summed E-state index contributed by atoms with van der Waals surface area (Å²) in [6.45, 7) is 3.25. The predicted octanol–water partition coefficient (Wildman–Crippen LogP) is 1.81. The minimum Gasteiger partial charge on any atom is -0.396 e. The average molecular weight is 374 g/mol. The van der Waals surface area contributed by atoms with Crippen LogP contribution in [-0.2, 0) is 9.59 Å². The van der Waals surface area contributed by atoms with Gasteiger partial charge in [-0.3, -0.25) is 9.59 Å². The second kappa shape index (κ2) is 6.10. The number of hydrogen-bond donors (Lipinski definition) is 3. The molecule has 0 heterocycles. The quantitative estimate of drug-likeness (QED) is 0.700. The zero-order chi connectivity index (χ0) is 19.6. The van der Waals surface area contributed by atoms with E-state index in [0.29, 0.717) is 24.7 Å². The van der Waals surface area contributed by atoms with Crippen LogP contribution in [0.25, 0.3) is 0 Å². The van der Waals surface area contributed by atoms with E-state index in [-0.39, 0.29) is 23.7 Å². The molecule has 0 aromatic heterocycles. The third kappa shape index (κ3) is 2.28. The zero-order valence-corrected chi connectivity index (χ0v) is 16.1. The number of hydrogen-bond acceptors (Lipinski definition) is 5. The summed E-state index contributed by atoms with van der Waals surface area (Å²) >= 11 is 0. The fraction of sp³-hybridized carbons (Fsp3) is 0.727. The molecular formula is C22H30O5. The summed E-state index contributed by atoms with van der Waals surface area (Å²) in [5.41, 5.74) is -1.23. The van der Waals surface area contributed by atoms with Gasteiger partial charge >= 0.3 is 0 Å². The van der Waals surface area contributed by atoms with Crippen LogP contribution in [0.4, 0.5) is 0 Å². The molecule has 0 aromatic carbocycles. The van der Waals surface area contributed by atoms with Crippen molar-refractivity contribution in [2.45, 2.75) is 51.6 Å².